The Morgan fingerprint density at radius 1 is 0.450 bits per heavy atom. The summed E-state index contributed by atoms with van der Waals surface area (Å²) in [5.74, 6) is -18.0. The molecule has 7 aromatic carbocycles. The normalized spacial score (nSPS) is 16.7. The fourth-order valence-electron chi connectivity index (χ4n) is 13.2. The summed E-state index contributed by atoms with van der Waals surface area (Å²) in [5, 5.41) is 5.62. The quantitative estimate of drug-likeness (QED) is 0.0318. The largest absolute Gasteiger partial charge is 0.380 e. The smallest absolute Gasteiger partial charge is 0.271 e. The third-order valence-electron chi connectivity index (χ3n) is 17.1. The van der Waals surface area contributed by atoms with Crippen molar-refractivity contribution in [1.29, 1.82) is 0 Å². The number of anilines is 1. The second-order valence-electron chi connectivity index (χ2n) is 21.8. The molecule has 0 unspecified atom stereocenters. The SMILES string of the molecule is CCCCCCC(CCCCCC)N1C(=O)c2ccc3c4ccc5c6c(ccc(c7ccc(c2c37)C1=O)c64)C(=O)N(c1ccc(-c2sc(C)c(C3=C(c4c(C)sc(-c6ccccc6)c4C)C(F)(F)C(F)(F)C3(F)F)c2C)cc1)C5=O. The molecule has 408 valence electrons. The van der Waals surface area contributed by atoms with E-state index in [2.05, 4.69) is 13.8 Å². The second-order valence-corrected chi connectivity index (χ2v) is 24.2. The number of nitrogens with zero attached hydrogens (tertiary/aromatic N) is 2. The Morgan fingerprint density at radius 2 is 0.838 bits per heavy atom. The van der Waals surface area contributed by atoms with Gasteiger partial charge in [-0.05, 0) is 132 Å². The number of benzene rings is 7. The van der Waals surface area contributed by atoms with Gasteiger partial charge in [-0.1, -0.05) is 132 Å². The van der Waals surface area contributed by atoms with Gasteiger partial charge in [0.25, 0.3) is 23.6 Å². The van der Waals surface area contributed by atoms with Gasteiger partial charge in [0.1, 0.15) is 0 Å². The predicted octanol–water partition coefficient (Wildman–Crippen LogP) is 19.0. The van der Waals surface area contributed by atoms with E-state index < -0.39 is 40.7 Å². The standard InChI is InChI=1S/C66H56F6N2O4S2/c1-7-9-11-16-20-40(21-17-12-10-8-2)73-60(75)46-30-26-42-44-28-32-48-55-49(33-29-45(53(44)55)43-27-31-47(61(73)76)54(46)52(42)43)63(78)74(62(48)77)41-24-22-39(23-25-41)59-35(4)51(37(6)80-59)57-56(64(67,68)66(71,72)65(57,69)70)50-34(3)58(79-36(50)5)38-18-14-13-15-19-38/h13-15,18-19,22-33,40H,7-12,16-17,20-21H2,1-6H3. The van der Waals surface area contributed by atoms with Crippen molar-refractivity contribution < 1.29 is 45.5 Å². The fourth-order valence-corrected chi connectivity index (χ4v) is 15.5. The summed E-state index contributed by atoms with van der Waals surface area (Å²) in [6.45, 7) is 10.2. The van der Waals surface area contributed by atoms with Gasteiger partial charge in [-0.3, -0.25) is 24.1 Å². The molecule has 0 saturated carbocycles. The number of aryl methyl sites for hydroxylation is 2. The van der Waals surface area contributed by atoms with E-state index in [9.17, 15) is 19.2 Å². The highest BCUT2D eigenvalue weighted by Crippen LogP contribution is 2.67. The number of imide groups is 2. The number of carbonyl (C=O) groups is 4. The van der Waals surface area contributed by atoms with E-state index in [1.54, 1.807) is 54.6 Å². The molecule has 2 aliphatic heterocycles. The molecule has 0 spiro atoms. The molecule has 0 atom stereocenters. The first-order valence-electron chi connectivity index (χ1n) is 27.5. The number of unbranched alkanes of at least 4 members (excludes halogenated alkanes) is 6. The van der Waals surface area contributed by atoms with E-state index in [1.807, 2.05) is 36.4 Å². The highest BCUT2D eigenvalue weighted by molar-refractivity contribution is 7.16. The first-order chi connectivity index (χ1) is 38.3. The number of amides is 4. The maximum Gasteiger partial charge on any atom is 0.380 e. The molecule has 0 bridgehead atoms. The van der Waals surface area contributed by atoms with Crippen molar-refractivity contribution in [2.45, 2.75) is 130 Å². The van der Waals surface area contributed by atoms with Crippen molar-refractivity contribution in [2.24, 2.45) is 0 Å². The van der Waals surface area contributed by atoms with Crippen molar-refractivity contribution in [3.63, 3.8) is 0 Å². The number of hydrogen-bond acceptors (Lipinski definition) is 6. The number of thiophene rings is 2. The molecule has 9 aromatic rings. The van der Waals surface area contributed by atoms with Gasteiger partial charge >= 0.3 is 17.8 Å². The number of alkyl halides is 6. The van der Waals surface area contributed by atoms with Crippen LogP contribution >= 0.6 is 22.7 Å². The number of fused-ring (bicyclic) bond motifs is 2. The van der Waals surface area contributed by atoms with Gasteiger partial charge in [0.2, 0.25) is 0 Å². The lowest BCUT2D eigenvalue weighted by Gasteiger charge is -2.35. The topological polar surface area (TPSA) is 74.8 Å². The predicted molar refractivity (Wildman–Crippen MR) is 311 cm³/mol. The fraction of sp³-hybridized carbons (Fsp3) is 0.303. The van der Waals surface area contributed by atoms with Crippen LogP contribution in [0.5, 0.6) is 0 Å². The number of hydrogen-bond donors (Lipinski definition) is 0. The van der Waals surface area contributed by atoms with Gasteiger partial charge in [-0.15, -0.1) is 22.7 Å². The van der Waals surface area contributed by atoms with Gasteiger partial charge in [0.15, 0.2) is 0 Å². The van der Waals surface area contributed by atoms with Gasteiger partial charge < -0.3 is 0 Å². The van der Waals surface area contributed by atoms with E-state index in [0.717, 1.165) is 119 Å². The summed E-state index contributed by atoms with van der Waals surface area (Å²) in [6, 6.07) is 29.3. The molecule has 3 aliphatic rings. The van der Waals surface area contributed by atoms with E-state index in [4.69, 9.17) is 0 Å². The molecule has 0 N–H and O–H groups in total. The van der Waals surface area contributed by atoms with Crippen LogP contribution < -0.4 is 4.90 Å². The minimum atomic E-state index is -5.74. The first-order valence-corrected chi connectivity index (χ1v) is 29.1. The Balaban J connectivity index is 0.894. The van der Waals surface area contributed by atoms with E-state index in [0.29, 0.717) is 48.2 Å². The highest BCUT2D eigenvalue weighted by Gasteiger charge is 2.80. The number of rotatable bonds is 16. The van der Waals surface area contributed by atoms with Crippen LogP contribution in [0.3, 0.4) is 0 Å². The lowest BCUT2D eigenvalue weighted by molar-refractivity contribution is -0.254. The summed E-state index contributed by atoms with van der Waals surface area (Å²) in [6.07, 6.45) is 9.83. The molecule has 6 nitrogen and oxygen atoms in total. The maximum absolute atomic E-state index is 16.4. The summed E-state index contributed by atoms with van der Waals surface area (Å²) >= 11 is 2.08. The van der Waals surface area contributed by atoms with Crippen LogP contribution in [0.2, 0.25) is 0 Å². The summed E-state index contributed by atoms with van der Waals surface area (Å²) in [7, 11) is 0. The Hall–Kier alpha value is -7.16. The Kier molecular flexibility index (Phi) is 13.1. The average Bonchev–Trinajstić information content (AvgIpc) is 1.78. The van der Waals surface area contributed by atoms with Gasteiger partial charge in [0, 0.05) is 80.8 Å². The van der Waals surface area contributed by atoms with Crippen LogP contribution in [0, 0.1) is 27.7 Å². The van der Waals surface area contributed by atoms with Crippen LogP contribution in [0.15, 0.2) is 103 Å². The first kappa shape index (κ1) is 53.5. The molecule has 80 heavy (non-hydrogen) atoms. The molecule has 0 saturated heterocycles. The molecule has 1 aliphatic carbocycles. The maximum atomic E-state index is 16.4. The number of halogens is 6. The number of allylic oxidation sites excluding steroid dienone is 2. The number of carbonyl (C=O) groups excluding carboxylic acids is 4. The lowest BCUT2D eigenvalue weighted by atomic mass is 9.82. The lowest BCUT2D eigenvalue weighted by Crippen LogP contribution is -2.49. The van der Waals surface area contributed by atoms with Crippen molar-refractivity contribution in [1.82, 2.24) is 4.90 Å². The van der Waals surface area contributed by atoms with E-state index in [1.165, 1.54) is 44.7 Å². The van der Waals surface area contributed by atoms with Gasteiger partial charge in [0.05, 0.1) is 5.69 Å². The van der Waals surface area contributed by atoms with Crippen LogP contribution in [-0.4, -0.2) is 52.3 Å². The molecule has 4 amide bonds. The summed E-state index contributed by atoms with van der Waals surface area (Å²) in [5.41, 5.74) is -0.405. The zero-order chi connectivity index (χ0) is 56.5. The molecule has 12 rings (SSSR count). The zero-order valence-electron chi connectivity index (χ0n) is 45.1. The van der Waals surface area contributed by atoms with Crippen molar-refractivity contribution in [2.75, 3.05) is 4.90 Å². The summed E-state index contributed by atoms with van der Waals surface area (Å²) < 4.78 is 96.9. The van der Waals surface area contributed by atoms with Crippen molar-refractivity contribution >= 4 is 106 Å². The Bertz CT molecular complexity index is 3990. The van der Waals surface area contributed by atoms with Crippen LogP contribution in [0.1, 0.15) is 151 Å². The molecule has 0 fully saturated rings. The third kappa shape index (κ3) is 7.63. The minimum Gasteiger partial charge on any atom is -0.271 e. The Labute approximate surface area is 467 Å². The van der Waals surface area contributed by atoms with Crippen molar-refractivity contribution in [3.8, 4) is 20.9 Å². The molecule has 2 aromatic heterocycles. The zero-order valence-corrected chi connectivity index (χ0v) is 46.7. The molecule has 14 heteroatoms. The van der Waals surface area contributed by atoms with Crippen molar-refractivity contribution in [3.05, 3.63) is 157 Å². The molecular weight excluding hydrogens is 1060 g/mol. The van der Waals surface area contributed by atoms with Gasteiger partial charge in [-0.25, -0.2) is 4.90 Å². The third-order valence-corrected chi connectivity index (χ3v) is 19.6. The van der Waals surface area contributed by atoms with Crippen LogP contribution in [-0.2, 0) is 0 Å². The monoisotopic (exact) mass is 1120 g/mol. The van der Waals surface area contributed by atoms with Crippen LogP contribution in [0.4, 0.5) is 32.0 Å². The van der Waals surface area contributed by atoms with Gasteiger partial charge in [-0.2, -0.15) is 26.3 Å². The Morgan fingerprint density at radius 3 is 1.24 bits per heavy atom. The van der Waals surface area contributed by atoms with Crippen LogP contribution in [0.25, 0.3) is 75.1 Å². The highest BCUT2D eigenvalue weighted by atomic mass is 32.1. The second kappa shape index (κ2) is 19.5. The molecular formula is C66H56F6N2O4S2. The summed E-state index contributed by atoms with van der Waals surface area (Å²) in [4.78, 5) is 62.6. The molecule has 0 radical (unpaired) electrons. The van der Waals surface area contributed by atoms with E-state index >= 15 is 26.3 Å². The minimum absolute atomic E-state index is 0.102. The molecule has 4 heterocycles. The average molecular weight is 1120 g/mol. The van der Waals surface area contributed by atoms with E-state index in [-0.39, 0.29) is 66.7 Å².